The van der Waals surface area contributed by atoms with Crippen molar-refractivity contribution in [2.45, 2.75) is 32.9 Å². The van der Waals surface area contributed by atoms with Gasteiger partial charge in [0.1, 0.15) is 18.0 Å². The van der Waals surface area contributed by atoms with Crippen LogP contribution in [0.5, 0.6) is 5.75 Å². The smallest absolute Gasteiger partial charge is 0.338 e. The van der Waals surface area contributed by atoms with E-state index in [9.17, 15) is 9.59 Å². The fraction of sp³-hybridized carbons (Fsp3) is 0.261. The monoisotopic (exact) mass is 407 g/mol. The lowest BCUT2D eigenvalue weighted by Crippen LogP contribution is -2.24. The predicted octanol–water partition coefficient (Wildman–Crippen LogP) is 4.17. The molecule has 0 aliphatic rings. The van der Waals surface area contributed by atoms with Gasteiger partial charge in [-0.05, 0) is 63.2 Å². The van der Waals surface area contributed by atoms with Crippen LogP contribution >= 0.6 is 0 Å². The first kappa shape index (κ1) is 21.1. The molecule has 1 amide bonds. The van der Waals surface area contributed by atoms with Gasteiger partial charge in [-0.1, -0.05) is 6.07 Å². The molecule has 1 aromatic heterocycles. The summed E-state index contributed by atoms with van der Waals surface area (Å²) in [6, 6.07) is 13.6. The molecule has 0 spiro atoms. The molecular formula is C23H25N3O4. The Balaban J connectivity index is 1.56. The molecule has 2 aromatic carbocycles. The third-order valence-electron chi connectivity index (χ3n) is 4.05. The van der Waals surface area contributed by atoms with Gasteiger partial charge in [-0.25, -0.2) is 9.78 Å². The maximum Gasteiger partial charge on any atom is 0.338 e. The van der Waals surface area contributed by atoms with E-state index < -0.39 is 11.6 Å². The molecule has 0 saturated carbocycles. The number of carbonyl (C=O) groups excluding carboxylic acids is 2. The van der Waals surface area contributed by atoms with E-state index in [-0.39, 0.29) is 5.91 Å². The molecule has 0 saturated heterocycles. The van der Waals surface area contributed by atoms with Crippen molar-refractivity contribution in [1.29, 1.82) is 0 Å². The molecule has 3 rings (SSSR count). The fourth-order valence-electron chi connectivity index (χ4n) is 2.65. The highest BCUT2D eigenvalue weighted by atomic mass is 16.6. The molecule has 0 aliphatic heterocycles. The van der Waals surface area contributed by atoms with Crippen LogP contribution in [0.15, 0.2) is 67.3 Å². The number of benzene rings is 2. The van der Waals surface area contributed by atoms with Crippen LogP contribution in [0.4, 0.5) is 5.69 Å². The topological polar surface area (TPSA) is 82.5 Å². The summed E-state index contributed by atoms with van der Waals surface area (Å²) in [6.07, 6.45) is 5.33. The molecular weight excluding hydrogens is 382 g/mol. The van der Waals surface area contributed by atoms with Crippen LogP contribution in [0.2, 0.25) is 0 Å². The van der Waals surface area contributed by atoms with Crippen LogP contribution in [-0.2, 0) is 11.3 Å². The van der Waals surface area contributed by atoms with Crippen molar-refractivity contribution in [1.82, 2.24) is 9.55 Å². The van der Waals surface area contributed by atoms with Crippen molar-refractivity contribution < 1.29 is 19.1 Å². The number of hydrogen-bond donors (Lipinski definition) is 1. The second kappa shape index (κ2) is 9.26. The summed E-state index contributed by atoms with van der Waals surface area (Å²) >= 11 is 0. The summed E-state index contributed by atoms with van der Waals surface area (Å²) in [6.45, 7) is 6.61. The second-order valence-corrected chi connectivity index (χ2v) is 7.71. The Kier molecular flexibility index (Phi) is 6.51. The molecule has 3 aromatic rings. The van der Waals surface area contributed by atoms with E-state index in [0.717, 1.165) is 0 Å². The average molecular weight is 407 g/mol. The van der Waals surface area contributed by atoms with E-state index in [1.54, 1.807) is 75.8 Å². The number of ether oxygens (including phenoxy) is 2. The molecule has 7 nitrogen and oxygen atoms in total. The largest absolute Gasteiger partial charge is 0.492 e. The fourth-order valence-corrected chi connectivity index (χ4v) is 2.65. The van der Waals surface area contributed by atoms with Gasteiger partial charge in [-0.2, -0.15) is 0 Å². The number of nitrogens with one attached hydrogen (secondary N) is 1. The molecule has 0 radical (unpaired) electrons. The van der Waals surface area contributed by atoms with Crippen molar-refractivity contribution in [3.63, 3.8) is 0 Å². The first-order valence-electron chi connectivity index (χ1n) is 9.63. The zero-order chi connectivity index (χ0) is 21.6. The summed E-state index contributed by atoms with van der Waals surface area (Å²) in [5.41, 5.74) is 0.737. The lowest BCUT2D eigenvalue weighted by Gasteiger charge is -2.19. The third kappa shape index (κ3) is 6.20. The van der Waals surface area contributed by atoms with E-state index in [1.165, 1.54) is 6.07 Å². The number of carbonyl (C=O) groups is 2. The summed E-state index contributed by atoms with van der Waals surface area (Å²) in [5.74, 6) is -0.0661. The van der Waals surface area contributed by atoms with Gasteiger partial charge in [0.25, 0.3) is 5.91 Å². The first-order valence-corrected chi connectivity index (χ1v) is 9.63. The van der Waals surface area contributed by atoms with Crippen LogP contribution < -0.4 is 10.1 Å². The number of rotatable bonds is 7. The van der Waals surface area contributed by atoms with Crippen molar-refractivity contribution in [2.75, 3.05) is 11.9 Å². The van der Waals surface area contributed by atoms with Crippen molar-refractivity contribution in [3.05, 3.63) is 78.4 Å². The Labute approximate surface area is 175 Å². The molecule has 30 heavy (non-hydrogen) atoms. The van der Waals surface area contributed by atoms with Gasteiger partial charge in [-0.3, -0.25) is 4.79 Å². The number of nitrogens with zero attached hydrogens (tertiary/aromatic N) is 2. The minimum absolute atomic E-state index is 0.311. The van der Waals surface area contributed by atoms with Crippen molar-refractivity contribution in [2.24, 2.45) is 0 Å². The Morgan fingerprint density at radius 1 is 1.07 bits per heavy atom. The lowest BCUT2D eigenvalue weighted by molar-refractivity contribution is 0.00695. The molecule has 0 fully saturated rings. The minimum atomic E-state index is -0.599. The Morgan fingerprint density at radius 2 is 1.80 bits per heavy atom. The molecule has 0 aliphatic carbocycles. The number of amides is 1. The standard InChI is InChI=1S/C23H25N3O4/c1-23(2,3)30-22(28)18-6-4-5-17(15-18)21(27)25-19-7-9-20(10-8-19)29-14-13-26-12-11-24-16-26/h4-12,15-16H,13-14H2,1-3H3,(H,25,27). The van der Waals surface area contributed by atoms with Gasteiger partial charge >= 0.3 is 5.97 Å². The summed E-state index contributed by atoms with van der Waals surface area (Å²) in [5, 5.41) is 2.82. The van der Waals surface area contributed by atoms with Gasteiger partial charge in [0.2, 0.25) is 0 Å². The van der Waals surface area contributed by atoms with Gasteiger partial charge in [0.05, 0.1) is 18.4 Å². The zero-order valence-electron chi connectivity index (χ0n) is 17.3. The van der Waals surface area contributed by atoms with Gasteiger partial charge in [-0.15, -0.1) is 0 Å². The number of aromatic nitrogens is 2. The molecule has 0 bridgehead atoms. The van der Waals surface area contributed by atoms with Gasteiger partial charge in [0, 0.05) is 23.6 Å². The number of imidazole rings is 1. The molecule has 156 valence electrons. The SMILES string of the molecule is CC(C)(C)OC(=O)c1cccc(C(=O)Nc2ccc(OCCn3ccnc3)cc2)c1. The molecule has 0 atom stereocenters. The van der Waals surface area contributed by atoms with Gasteiger partial charge in [0.15, 0.2) is 0 Å². The molecule has 1 N–H and O–H groups in total. The highest BCUT2D eigenvalue weighted by Crippen LogP contribution is 2.18. The average Bonchev–Trinajstić information content (AvgIpc) is 3.22. The maximum atomic E-state index is 12.6. The highest BCUT2D eigenvalue weighted by molar-refractivity contribution is 6.05. The quantitative estimate of drug-likeness (QED) is 0.595. The predicted molar refractivity (Wildman–Crippen MR) is 114 cm³/mol. The molecule has 1 heterocycles. The number of hydrogen-bond acceptors (Lipinski definition) is 5. The molecule has 0 unspecified atom stereocenters. The minimum Gasteiger partial charge on any atom is -0.492 e. The molecule has 7 heteroatoms. The Morgan fingerprint density at radius 3 is 2.47 bits per heavy atom. The maximum absolute atomic E-state index is 12.6. The highest BCUT2D eigenvalue weighted by Gasteiger charge is 2.19. The normalized spacial score (nSPS) is 11.0. The third-order valence-corrected chi connectivity index (χ3v) is 4.05. The van der Waals surface area contributed by atoms with Crippen LogP contribution in [0.1, 0.15) is 41.5 Å². The van der Waals surface area contributed by atoms with Crippen molar-refractivity contribution >= 4 is 17.6 Å². The van der Waals surface area contributed by atoms with Crippen LogP contribution in [0, 0.1) is 0 Å². The summed E-state index contributed by atoms with van der Waals surface area (Å²) in [7, 11) is 0. The van der Waals surface area contributed by atoms with Crippen LogP contribution in [-0.4, -0.2) is 33.6 Å². The lowest BCUT2D eigenvalue weighted by atomic mass is 10.1. The van der Waals surface area contributed by atoms with Crippen LogP contribution in [0.25, 0.3) is 0 Å². The Bertz CT molecular complexity index is 990. The Hall–Kier alpha value is -3.61. The van der Waals surface area contributed by atoms with E-state index in [2.05, 4.69) is 10.3 Å². The van der Waals surface area contributed by atoms with Crippen molar-refractivity contribution in [3.8, 4) is 5.75 Å². The first-order chi connectivity index (χ1) is 14.3. The van der Waals surface area contributed by atoms with E-state index >= 15 is 0 Å². The second-order valence-electron chi connectivity index (χ2n) is 7.71. The summed E-state index contributed by atoms with van der Waals surface area (Å²) < 4.78 is 13.0. The van der Waals surface area contributed by atoms with E-state index in [0.29, 0.717) is 35.7 Å². The number of anilines is 1. The van der Waals surface area contributed by atoms with E-state index in [1.807, 2.05) is 10.8 Å². The van der Waals surface area contributed by atoms with E-state index in [4.69, 9.17) is 9.47 Å². The summed E-state index contributed by atoms with van der Waals surface area (Å²) in [4.78, 5) is 28.8. The number of esters is 1. The zero-order valence-corrected chi connectivity index (χ0v) is 17.3. The van der Waals surface area contributed by atoms with Crippen LogP contribution in [0.3, 0.4) is 0 Å². The van der Waals surface area contributed by atoms with Gasteiger partial charge < -0.3 is 19.4 Å².